The summed E-state index contributed by atoms with van der Waals surface area (Å²) in [4.78, 5) is 25.4. The van der Waals surface area contributed by atoms with Crippen molar-refractivity contribution < 1.29 is 4.79 Å². The smallest absolute Gasteiger partial charge is 0.277 e. The molecule has 0 aliphatic rings. The van der Waals surface area contributed by atoms with E-state index < -0.39 is 0 Å². The standard InChI is InChI=1S/C16H15BrN4O2S/c17-14-6-5-11(24-14)7-9-18-15(22)8-10-21-16(23)12-3-1-2-4-13(12)19-20-21/h1-6H,7-10H2,(H,18,22). The largest absolute Gasteiger partial charge is 0.356 e. The molecule has 0 spiro atoms. The fourth-order valence-corrected chi connectivity index (χ4v) is 3.76. The number of halogens is 1. The van der Waals surface area contributed by atoms with Crippen LogP contribution in [0.4, 0.5) is 0 Å². The summed E-state index contributed by atoms with van der Waals surface area (Å²) < 4.78 is 2.32. The molecule has 3 rings (SSSR count). The van der Waals surface area contributed by atoms with Gasteiger partial charge in [0, 0.05) is 17.8 Å². The molecule has 0 saturated heterocycles. The maximum absolute atomic E-state index is 12.3. The van der Waals surface area contributed by atoms with Crippen LogP contribution in [0.2, 0.25) is 0 Å². The Labute approximate surface area is 150 Å². The van der Waals surface area contributed by atoms with Crippen LogP contribution in [-0.2, 0) is 17.8 Å². The normalized spacial score (nSPS) is 10.9. The number of benzene rings is 1. The molecule has 0 unspecified atom stereocenters. The third-order valence-corrected chi connectivity index (χ3v) is 5.19. The number of nitrogens with zero attached hydrogens (tertiary/aromatic N) is 3. The highest BCUT2D eigenvalue weighted by Crippen LogP contribution is 2.22. The van der Waals surface area contributed by atoms with Gasteiger partial charge in [-0.2, -0.15) is 0 Å². The number of aromatic nitrogens is 3. The maximum atomic E-state index is 12.3. The minimum Gasteiger partial charge on any atom is -0.356 e. The zero-order valence-electron chi connectivity index (χ0n) is 12.7. The van der Waals surface area contributed by atoms with Gasteiger partial charge < -0.3 is 5.32 Å². The first-order valence-electron chi connectivity index (χ1n) is 7.47. The molecule has 24 heavy (non-hydrogen) atoms. The Morgan fingerprint density at radius 1 is 1.25 bits per heavy atom. The lowest BCUT2D eigenvalue weighted by Crippen LogP contribution is -2.30. The lowest BCUT2D eigenvalue weighted by atomic mass is 10.2. The van der Waals surface area contributed by atoms with E-state index in [0.717, 1.165) is 10.2 Å². The molecular formula is C16H15BrN4O2S. The van der Waals surface area contributed by atoms with Crippen molar-refractivity contribution in [3.8, 4) is 0 Å². The number of carbonyl (C=O) groups is 1. The van der Waals surface area contributed by atoms with E-state index in [0.29, 0.717) is 17.4 Å². The second kappa shape index (κ2) is 7.67. The van der Waals surface area contributed by atoms with Gasteiger partial charge in [-0.25, -0.2) is 4.68 Å². The van der Waals surface area contributed by atoms with E-state index in [1.807, 2.05) is 12.1 Å². The molecule has 6 nitrogen and oxygen atoms in total. The number of rotatable bonds is 6. The number of nitrogens with one attached hydrogen (secondary N) is 1. The van der Waals surface area contributed by atoms with Crippen molar-refractivity contribution in [2.45, 2.75) is 19.4 Å². The summed E-state index contributed by atoms with van der Waals surface area (Å²) in [5.74, 6) is -0.104. The highest BCUT2D eigenvalue weighted by molar-refractivity contribution is 9.11. The summed E-state index contributed by atoms with van der Waals surface area (Å²) in [6.07, 6.45) is 0.985. The molecule has 124 valence electrons. The molecule has 1 N–H and O–H groups in total. The van der Waals surface area contributed by atoms with Crippen molar-refractivity contribution in [1.29, 1.82) is 0 Å². The Balaban J connectivity index is 1.53. The Kier molecular flexibility index (Phi) is 5.37. The Morgan fingerprint density at radius 2 is 2.08 bits per heavy atom. The Bertz CT molecular complexity index is 922. The van der Waals surface area contributed by atoms with Crippen LogP contribution in [-0.4, -0.2) is 27.4 Å². The van der Waals surface area contributed by atoms with Crippen LogP contribution < -0.4 is 10.9 Å². The Hall–Kier alpha value is -2.06. The van der Waals surface area contributed by atoms with Crippen molar-refractivity contribution in [3.63, 3.8) is 0 Å². The van der Waals surface area contributed by atoms with Gasteiger partial charge in [0.2, 0.25) is 5.91 Å². The molecule has 2 aromatic heterocycles. The second-order valence-electron chi connectivity index (χ2n) is 5.19. The van der Waals surface area contributed by atoms with Crippen LogP contribution in [0.25, 0.3) is 10.9 Å². The quantitative estimate of drug-likeness (QED) is 0.681. The van der Waals surface area contributed by atoms with E-state index in [1.54, 1.807) is 35.6 Å². The summed E-state index contributed by atoms with van der Waals surface area (Å²) in [6, 6.07) is 11.1. The minimum atomic E-state index is -0.225. The van der Waals surface area contributed by atoms with Crippen LogP contribution in [0, 0.1) is 0 Å². The first-order valence-corrected chi connectivity index (χ1v) is 9.08. The van der Waals surface area contributed by atoms with Crippen LogP contribution >= 0.6 is 27.3 Å². The van der Waals surface area contributed by atoms with Crippen molar-refractivity contribution in [2.75, 3.05) is 6.54 Å². The van der Waals surface area contributed by atoms with Gasteiger partial charge in [0.25, 0.3) is 5.56 Å². The number of hydrogen-bond acceptors (Lipinski definition) is 5. The third kappa shape index (κ3) is 4.07. The summed E-state index contributed by atoms with van der Waals surface area (Å²) in [5.41, 5.74) is 0.335. The highest BCUT2D eigenvalue weighted by atomic mass is 79.9. The topological polar surface area (TPSA) is 76.9 Å². The maximum Gasteiger partial charge on any atom is 0.277 e. The van der Waals surface area contributed by atoms with Crippen LogP contribution in [0.3, 0.4) is 0 Å². The molecular weight excluding hydrogens is 392 g/mol. The number of fused-ring (bicyclic) bond motifs is 1. The average Bonchev–Trinajstić information content (AvgIpc) is 3.00. The monoisotopic (exact) mass is 406 g/mol. The molecule has 3 aromatic rings. The molecule has 0 radical (unpaired) electrons. The predicted octanol–water partition coefficient (Wildman–Crippen LogP) is 2.36. The molecule has 0 aliphatic carbocycles. The van der Waals surface area contributed by atoms with Gasteiger partial charge in [0.15, 0.2) is 0 Å². The van der Waals surface area contributed by atoms with Gasteiger partial charge in [-0.15, -0.1) is 16.4 Å². The van der Waals surface area contributed by atoms with E-state index in [9.17, 15) is 9.59 Å². The predicted molar refractivity (Wildman–Crippen MR) is 97.1 cm³/mol. The van der Waals surface area contributed by atoms with Gasteiger partial charge in [-0.3, -0.25) is 9.59 Å². The first kappa shape index (κ1) is 16.8. The zero-order chi connectivity index (χ0) is 16.9. The summed E-state index contributed by atoms with van der Waals surface area (Å²) in [5, 5.41) is 11.2. The summed E-state index contributed by atoms with van der Waals surface area (Å²) in [7, 11) is 0. The van der Waals surface area contributed by atoms with E-state index in [-0.39, 0.29) is 24.4 Å². The number of amides is 1. The van der Waals surface area contributed by atoms with Crippen LogP contribution in [0.1, 0.15) is 11.3 Å². The van der Waals surface area contributed by atoms with Crippen molar-refractivity contribution >= 4 is 44.1 Å². The van der Waals surface area contributed by atoms with E-state index in [4.69, 9.17) is 0 Å². The molecule has 0 fully saturated rings. The first-order chi connectivity index (χ1) is 11.6. The summed E-state index contributed by atoms with van der Waals surface area (Å²) >= 11 is 5.07. The fourth-order valence-electron chi connectivity index (χ4n) is 2.28. The van der Waals surface area contributed by atoms with Gasteiger partial charge >= 0.3 is 0 Å². The molecule has 0 bridgehead atoms. The lowest BCUT2D eigenvalue weighted by molar-refractivity contribution is -0.121. The van der Waals surface area contributed by atoms with Crippen LogP contribution in [0.15, 0.2) is 45.0 Å². The number of thiophene rings is 1. The second-order valence-corrected chi connectivity index (χ2v) is 7.74. The van der Waals surface area contributed by atoms with Crippen molar-refractivity contribution in [3.05, 3.63) is 55.4 Å². The molecule has 0 saturated carbocycles. The Morgan fingerprint density at radius 3 is 2.88 bits per heavy atom. The fraction of sp³-hybridized carbons (Fsp3) is 0.250. The number of aryl methyl sites for hydroxylation is 1. The van der Waals surface area contributed by atoms with Gasteiger partial charge in [-0.05, 0) is 46.6 Å². The summed E-state index contributed by atoms with van der Waals surface area (Å²) in [6.45, 7) is 0.789. The highest BCUT2D eigenvalue weighted by Gasteiger charge is 2.07. The molecule has 8 heteroatoms. The van der Waals surface area contributed by atoms with Crippen molar-refractivity contribution in [1.82, 2.24) is 20.3 Å². The van der Waals surface area contributed by atoms with Gasteiger partial charge in [0.1, 0.15) is 5.52 Å². The SMILES string of the molecule is O=C(CCn1nnc2ccccc2c1=O)NCCc1ccc(Br)s1. The van der Waals surface area contributed by atoms with Gasteiger partial charge in [-0.1, -0.05) is 17.3 Å². The molecule has 1 amide bonds. The molecule has 2 heterocycles. The van der Waals surface area contributed by atoms with Gasteiger partial charge in [0.05, 0.1) is 15.7 Å². The number of carbonyl (C=O) groups excluding carboxylic acids is 1. The third-order valence-electron chi connectivity index (χ3n) is 3.50. The average molecular weight is 407 g/mol. The van der Waals surface area contributed by atoms with E-state index >= 15 is 0 Å². The molecule has 1 aromatic carbocycles. The molecule has 0 aliphatic heterocycles. The van der Waals surface area contributed by atoms with E-state index in [1.165, 1.54) is 9.56 Å². The minimum absolute atomic E-state index is 0.104. The van der Waals surface area contributed by atoms with Crippen molar-refractivity contribution in [2.24, 2.45) is 0 Å². The number of hydrogen-bond donors (Lipinski definition) is 1. The van der Waals surface area contributed by atoms with E-state index in [2.05, 4.69) is 31.6 Å². The lowest BCUT2D eigenvalue weighted by Gasteiger charge is -2.06. The van der Waals surface area contributed by atoms with Crippen LogP contribution in [0.5, 0.6) is 0 Å². The zero-order valence-corrected chi connectivity index (χ0v) is 15.1. The molecule has 0 atom stereocenters.